The maximum Gasteiger partial charge on any atom is 0.211 e. The number of anilines is 2. The number of hydrogen-bond acceptors (Lipinski definition) is 4. The van der Waals surface area contributed by atoms with Gasteiger partial charge in [-0.3, -0.25) is 0 Å². The molecule has 0 spiro atoms. The van der Waals surface area contributed by atoms with E-state index in [-0.39, 0.29) is 21.2 Å². The van der Waals surface area contributed by atoms with Crippen LogP contribution in [-0.4, -0.2) is 8.42 Å². The van der Waals surface area contributed by atoms with Crippen LogP contribution in [0.2, 0.25) is 0 Å². The van der Waals surface area contributed by atoms with Gasteiger partial charge in [0.2, 0.25) is 9.84 Å². The summed E-state index contributed by atoms with van der Waals surface area (Å²) in [7, 11) is -3.78. The quantitative estimate of drug-likeness (QED) is 0.751. The first-order valence-corrected chi connectivity index (χ1v) is 8.25. The molecule has 0 unspecified atom stereocenters. The molecule has 0 heterocycles. The molecule has 4 N–H and O–H groups in total. The summed E-state index contributed by atoms with van der Waals surface area (Å²) >= 11 is 6.53. The molecule has 0 aliphatic rings. The van der Waals surface area contributed by atoms with Crippen molar-refractivity contribution < 1.29 is 8.42 Å². The van der Waals surface area contributed by atoms with E-state index >= 15 is 0 Å². The van der Waals surface area contributed by atoms with Crippen molar-refractivity contribution in [1.29, 1.82) is 0 Å². The molecule has 2 aromatic carbocycles. The monoisotopic (exact) mass is 404 g/mol. The molecule has 4 nitrogen and oxygen atoms in total. The van der Waals surface area contributed by atoms with Crippen LogP contribution in [0.15, 0.2) is 55.1 Å². The lowest BCUT2D eigenvalue weighted by molar-refractivity contribution is 0.596. The first-order valence-electron chi connectivity index (χ1n) is 5.18. The zero-order valence-electron chi connectivity index (χ0n) is 9.60. The molecule has 0 atom stereocenters. The van der Waals surface area contributed by atoms with Crippen LogP contribution < -0.4 is 11.5 Å². The Hall–Kier alpha value is -1.05. The van der Waals surface area contributed by atoms with Crippen LogP contribution in [0.4, 0.5) is 11.4 Å². The molecule has 100 valence electrons. The van der Waals surface area contributed by atoms with Crippen molar-refractivity contribution >= 4 is 53.1 Å². The van der Waals surface area contributed by atoms with Crippen molar-refractivity contribution in [3.63, 3.8) is 0 Å². The zero-order chi connectivity index (χ0) is 14.2. The van der Waals surface area contributed by atoms with Crippen LogP contribution in [0.5, 0.6) is 0 Å². The minimum Gasteiger partial charge on any atom is -0.398 e. The van der Waals surface area contributed by atoms with Crippen LogP contribution in [0.1, 0.15) is 0 Å². The average Bonchev–Trinajstić information content (AvgIpc) is 2.32. The topological polar surface area (TPSA) is 86.2 Å². The minimum absolute atomic E-state index is 0.0613. The molecule has 2 rings (SSSR count). The first-order chi connectivity index (χ1) is 8.85. The fourth-order valence-electron chi connectivity index (χ4n) is 1.69. The fraction of sp³-hybridized carbons (Fsp3) is 0. The standard InChI is InChI=1S/C12H10Br2N2O2S/c13-7-3-1-6-10(11(7)14)19(17,18)12-8(15)4-2-5-9(12)16/h1-6H,15-16H2. The Morgan fingerprint density at radius 2 is 1.42 bits per heavy atom. The Morgan fingerprint density at radius 3 is 2.00 bits per heavy atom. The highest BCUT2D eigenvalue weighted by molar-refractivity contribution is 9.13. The van der Waals surface area contributed by atoms with Crippen LogP contribution in [0, 0.1) is 0 Å². The summed E-state index contributed by atoms with van der Waals surface area (Å²) in [4.78, 5) is 0.0558. The van der Waals surface area contributed by atoms with Crippen molar-refractivity contribution in [1.82, 2.24) is 0 Å². The molecule has 0 aromatic heterocycles. The lowest BCUT2D eigenvalue weighted by Crippen LogP contribution is -2.09. The summed E-state index contributed by atoms with van der Waals surface area (Å²) < 4.78 is 26.4. The third-order valence-electron chi connectivity index (χ3n) is 2.55. The lowest BCUT2D eigenvalue weighted by Gasteiger charge is -2.12. The van der Waals surface area contributed by atoms with Gasteiger partial charge in [-0.25, -0.2) is 8.42 Å². The summed E-state index contributed by atoms with van der Waals surface area (Å²) in [5.74, 6) is 0. The highest BCUT2D eigenvalue weighted by atomic mass is 79.9. The normalized spacial score (nSPS) is 11.5. The molecule has 0 amide bonds. The number of hydrogen-bond donors (Lipinski definition) is 2. The van der Waals surface area contributed by atoms with Crippen molar-refractivity contribution in [2.75, 3.05) is 11.5 Å². The van der Waals surface area contributed by atoms with Crippen LogP contribution in [0.25, 0.3) is 0 Å². The van der Waals surface area contributed by atoms with Gasteiger partial charge in [0.25, 0.3) is 0 Å². The highest BCUT2D eigenvalue weighted by Crippen LogP contribution is 2.37. The molecule has 0 fully saturated rings. The van der Waals surface area contributed by atoms with E-state index in [4.69, 9.17) is 11.5 Å². The number of nitrogens with two attached hydrogens (primary N) is 2. The number of sulfone groups is 1. The second kappa shape index (κ2) is 5.15. The molecule has 7 heteroatoms. The fourth-order valence-corrected chi connectivity index (χ4v) is 4.67. The zero-order valence-corrected chi connectivity index (χ0v) is 13.6. The maximum atomic E-state index is 12.6. The predicted octanol–water partition coefficient (Wildman–Crippen LogP) is 3.21. The summed E-state index contributed by atoms with van der Waals surface area (Å²) in [5.41, 5.74) is 11.8. The number of nitrogen functional groups attached to an aromatic ring is 2. The van der Waals surface area contributed by atoms with Gasteiger partial charge in [0, 0.05) is 4.47 Å². The molecule has 19 heavy (non-hydrogen) atoms. The van der Waals surface area contributed by atoms with Gasteiger partial charge in [-0.15, -0.1) is 0 Å². The Bertz CT molecular complexity index is 725. The summed E-state index contributed by atoms with van der Waals surface area (Å²) in [5, 5.41) is 0. The van der Waals surface area contributed by atoms with E-state index in [9.17, 15) is 8.42 Å². The molecule has 0 saturated heterocycles. The molecule has 0 saturated carbocycles. The minimum atomic E-state index is -3.78. The molecule has 2 aromatic rings. The summed E-state index contributed by atoms with van der Waals surface area (Å²) in [6, 6.07) is 9.50. The summed E-state index contributed by atoms with van der Waals surface area (Å²) in [6.45, 7) is 0. The van der Waals surface area contributed by atoms with Crippen LogP contribution >= 0.6 is 31.9 Å². The Labute approximate surface area is 128 Å². The SMILES string of the molecule is Nc1cccc(N)c1S(=O)(=O)c1cccc(Br)c1Br. The van der Waals surface area contributed by atoms with Gasteiger partial charge >= 0.3 is 0 Å². The molecule has 0 radical (unpaired) electrons. The smallest absolute Gasteiger partial charge is 0.211 e. The van der Waals surface area contributed by atoms with E-state index in [1.54, 1.807) is 18.2 Å². The van der Waals surface area contributed by atoms with E-state index in [1.165, 1.54) is 18.2 Å². The van der Waals surface area contributed by atoms with Gasteiger partial charge in [0.1, 0.15) is 4.90 Å². The lowest BCUT2D eigenvalue weighted by atomic mass is 10.3. The maximum absolute atomic E-state index is 12.6. The number of rotatable bonds is 2. The Morgan fingerprint density at radius 1 is 0.895 bits per heavy atom. The largest absolute Gasteiger partial charge is 0.398 e. The van der Waals surface area contributed by atoms with Crippen molar-refractivity contribution in [2.24, 2.45) is 0 Å². The Kier molecular flexibility index (Phi) is 3.89. The molecular formula is C12H10Br2N2O2S. The van der Waals surface area contributed by atoms with Crippen molar-refractivity contribution in [2.45, 2.75) is 9.79 Å². The van der Waals surface area contributed by atoms with E-state index < -0.39 is 9.84 Å². The van der Waals surface area contributed by atoms with E-state index in [2.05, 4.69) is 31.9 Å². The third-order valence-corrected chi connectivity index (χ3v) is 6.79. The van der Waals surface area contributed by atoms with Crippen LogP contribution in [0.3, 0.4) is 0 Å². The van der Waals surface area contributed by atoms with Crippen molar-refractivity contribution in [3.8, 4) is 0 Å². The predicted molar refractivity (Wildman–Crippen MR) is 82.6 cm³/mol. The second-order valence-corrected chi connectivity index (χ2v) is 7.32. The second-order valence-electron chi connectivity index (χ2n) is 3.82. The van der Waals surface area contributed by atoms with Gasteiger partial charge in [0.15, 0.2) is 0 Å². The highest BCUT2D eigenvalue weighted by Gasteiger charge is 2.26. The first kappa shape index (κ1) is 14.4. The van der Waals surface area contributed by atoms with Crippen LogP contribution in [-0.2, 0) is 9.84 Å². The number of benzene rings is 2. The van der Waals surface area contributed by atoms with E-state index in [0.29, 0.717) is 8.95 Å². The van der Waals surface area contributed by atoms with Gasteiger partial charge in [0.05, 0.1) is 20.7 Å². The van der Waals surface area contributed by atoms with Crippen molar-refractivity contribution in [3.05, 3.63) is 45.3 Å². The van der Waals surface area contributed by atoms with E-state index in [0.717, 1.165) is 0 Å². The van der Waals surface area contributed by atoms with Gasteiger partial charge in [-0.2, -0.15) is 0 Å². The molecule has 0 bridgehead atoms. The Balaban J connectivity index is 2.77. The average molecular weight is 406 g/mol. The van der Waals surface area contributed by atoms with Gasteiger partial charge in [-0.1, -0.05) is 12.1 Å². The number of halogens is 2. The summed E-state index contributed by atoms with van der Waals surface area (Å²) in [6.07, 6.45) is 0. The van der Waals surface area contributed by atoms with Gasteiger partial charge < -0.3 is 11.5 Å². The van der Waals surface area contributed by atoms with Gasteiger partial charge in [-0.05, 0) is 56.1 Å². The molecular weight excluding hydrogens is 396 g/mol. The molecule has 0 aliphatic heterocycles. The van der Waals surface area contributed by atoms with E-state index in [1.807, 2.05) is 0 Å². The third kappa shape index (κ3) is 2.50. The molecule has 0 aliphatic carbocycles.